The number of hydrogen-bond donors (Lipinski definition) is 5. The second-order valence-corrected chi connectivity index (χ2v) is 32.1. The van der Waals surface area contributed by atoms with Crippen molar-refractivity contribution in [1.29, 1.82) is 0 Å². The smallest absolute Gasteiger partial charge is 0.340 e. The molecule has 0 saturated heterocycles. The first-order valence-electron chi connectivity index (χ1n) is 33.5. The number of H-pyrrole nitrogens is 1. The van der Waals surface area contributed by atoms with Crippen LogP contribution in [-0.2, 0) is 50.3 Å². The zero-order valence-corrected chi connectivity index (χ0v) is 58.4. The number of rotatable bonds is 22. The predicted octanol–water partition coefficient (Wildman–Crippen LogP) is 10.2. The SMILES string of the molecule is C/C1=C\CC[C@H](C)OC(=O)C[C@H](c2ccc(C)cc2)NC(=O)[C@@H](Cc2c[nH]c3ccccc23)N(C)C(=O)[C@H](CCCCNC(=O)CCCCCNC(=O)CCSCC[Si]2(C)c3cc(N(C)C)ccc3C3(OC(=O)c4ccccc43)c3ccc(N(C)C)cc32)NC(=O)[C@@H](C)C1. The van der Waals surface area contributed by atoms with Gasteiger partial charge in [0, 0.05) is 124 Å². The molecule has 17 nitrogen and oxygen atoms in total. The van der Waals surface area contributed by atoms with Crippen LogP contribution in [0.25, 0.3) is 10.9 Å². The Bertz CT molecular complexity index is 3670. The highest BCUT2D eigenvalue weighted by Crippen LogP contribution is 2.50. The molecule has 0 saturated carbocycles. The van der Waals surface area contributed by atoms with E-state index in [1.807, 2.05) is 107 Å². The van der Waals surface area contributed by atoms with Crippen molar-refractivity contribution in [3.05, 3.63) is 166 Å². The topological polar surface area (TPSA) is 212 Å². The van der Waals surface area contributed by atoms with E-state index >= 15 is 0 Å². The largest absolute Gasteiger partial charge is 0.463 e. The van der Waals surface area contributed by atoms with E-state index in [1.54, 1.807) is 18.8 Å². The number of aromatic amines is 1. The maximum atomic E-state index is 15.0. The third kappa shape index (κ3) is 16.7. The molecule has 9 rings (SSSR count). The molecule has 5 aromatic carbocycles. The highest BCUT2D eigenvalue weighted by molar-refractivity contribution is 7.99. The Kier molecular flexibility index (Phi) is 23.8. The fraction of sp³-hybridized carbons (Fsp3) is 0.453. The zero-order valence-electron chi connectivity index (χ0n) is 56.6. The maximum Gasteiger partial charge on any atom is 0.340 e. The summed E-state index contributed by atoms with van der Waals surface area (Å²) in [5, 5.41) is 15.8. The molecule has 94 heavy (non-hydrogen) atoms. The minimum Gasteiger partial charge on any atom is -0.463 e. The summed E-state index contributed by atoms with van der Waals surface area (Å²) in [5.41, 5.74) is 9.13. The van der Waals surface area contributed by atoms with Crippen LogP contribution in [0.5, 0.6) is 0 Å². The van der Waals surface area contributed by atoms with Crippen LogP contribution >= 0.6 is 11.8 Å². The lowest BCUT2D eigenvalue weighted by atomic mass is 9.79. The molecule has 1 aromatic heterocycles. The van der Waals surface area contributed by atoms with E-state index < -0.39 is 55.5 Å². The van der Waals surface area contributed by atoms with E-state index in [-0.39, 0.29) is 49.1 Å². The van der Waals surface area contributed by atoms with Crippen LogP contribution in [0.15, 0.2) is 127 Å². The molecular weight excluding hydrogens is 1220 g/mol. The Morgan fingerprint density at radius 3 is 2.06 bits per heavy atom. The number of nitrogens with zero attached hydrogens (tertiary/aromatic N) is 3. The second kappa shape index (κ2) is 31.8. The third-order valence-electron chi connectivity index (χ3n) is 19.1. The van der Waals surface area contributed by atoms with Gasteiger partial charge >= 0.3 is 11.9 Å². The zero-order chi connectivity index (χ0) is 67.3. The molecule has 0 aliphatic carbocycles. The molecule has 3 aliphatic rings. The molecule has 0 bridgehead atoms. The second-order valence-electron chi connectivity index (χ2n) is 26.6. The highest BCUT2D eigenvalue weighted by Gasteiger charge is 2.57. The van der Waals surface area contributed by atoms with Crippen molar-refractivity contribution in [1.82, 2.24) is 31.2 Å². The molecule has 5 atom stereocenters. The summed E-state index contributed by atoms with van der Waals surface area (Å²) in [4.78, 5) is 106. The summed E-state index contributed by atoms with van der Waals surface area (Å²) < 4.78 is 12.5. The van der Waals surface area contributed by atoms with Gasteiger partial charge in [0.2, 0.25) is 29.5 Å². The van der Waals surface area contributed by atoms with Crippen LogP contribution in [0.3, 0.4) is 0 Å². The monoisotopic (exact) mass is 1310 g/mol. The molecule has 6 aromatic rings. The Morgan fingerprint density at radius 2 is 1.37 bits per heavy atom. The number of carbonyl (C=O) groups is 7. The Hall–Kier alpha value is -8.16. The summed E-state index contributed by atoms with van der Waals surface area (Å²) in [6.07, 6.45) is 9.50. The first-order chi connectivity index (χ1) is 45.1. The lowest BCUT2D eigenvalue weighted by molar-refractivity contribution is -0.149. The Balaban J connectivity index is 0.753. The van der Waals surface area contributed by atoms with E-state index in [0.717, 1.165) is 85.9 Å². The quantitative estimate of drug-likeness (QED) is 0.0186. The predicted molar refractivity (Wildman–Crippen MR) is 379 cm³/mol. The van der Waals surface area contributed by atoms with Gasteiger partial charge in [-0.15, -0.1) is 0 Å². The lowest BCUT2D eigenvalue weighted by Crippen LogP contribution is -2.65. The van der Waals surface area contributed by atoms with Crippen molar-refractivity contribution in [2.75, 3.05) is 69.6 Å². The average molecular weight is 1310 g/mol. The number of amides is 5. The maximum absolute atomic E-state index is 15.0. The number of cyclic esters (lactones) is 1. The van der Waals surface area contributed by atoms with Crippen LogP contribution in [0.4, 0.5) is 11.4 Å². The van der Waals surface area contributed by atoms with E-state index in [4.69, 9.17) is 9.47 Å². The first-order valence-corrected chi connectivity index (χ1v) is 37.4. The summed E-state index contributed by atoms with van der Waals surface area (Å²) in [5.74, 6) is -0.913. The lowest BCUT2D eigenvalue weighted by Gasteiger charge is -2.45. The van der Waals surface area contributed by atoms with Crippen LogP contribution in [-0.4, -0.2) is 137 Å². The number of esters is 2. The normalized spacial score (nSPS) is 22.4. The van der Waals surface area contributed by atoms with Gasteiger partial charge in [0.15, 0.2) is 5.60 Å². The summed E-state index contributed by atoms with van der Waals surface area (Å²) >= 11 is 1.80. The fourth-order valence-electron chi connectivity index (χ4n) is 13.5. The molecule has 1 spiro atoms. The van der Waals surface area contributed by atoms with Gasteiger partial charge in [0.05, 0.1) is 24.1 Å². The first kappa shape index (κ1) is 70.2. The number of aromatic nitrogens is 1. The molecule has 19 heteroatoms. The van der Waals surface area contributed by atoms with Gasteiger partial charge in [-0.25, -0.2) is 4.79 Å². The van der Waals surface area contributed by atoms with Crippen LogP contribution in [0, 0.1) is 12.8 Å². The minimum atomic E-state index is -2.50. The van der Waals surface area contributed by atoms with E-state index in [9.17, 15) is 33.6 Å². The highest BCUT2D eigenvalue weighted by atomic mass is 32.2. The number of hydrogen-bond acceptors (Lipinski definition) is 12. The summed E-state index contributed by atoms with van der Waals surface area (Å²) in [7, 11) is 7.30. The molecule has 4 heterocycles. The number of benzene rings is 5. The van der Waals surface area contributed by atoms with Gasteiger partial charge in [-0.2, -0.15) is 11.8 Å². The van der Waals surface area contributed by atoms with Crippen LogP contribution in [0.2, 0.25) is 12.6 Å². The van der Waals surface area contributed by atoms with Crippen molar-refractivity contribution in [3.8, 4) is 0 Å². The number of carbonyl (C=O) groups excluding carboxylic acids is 7. The number of ether oxygens (including phenoxy) is 2. The number of aryl methyl sites for hydroxylation is 1. The number of para-hydroxylation sites is 1. The van der Waals surface area contributed by atoms with Crippen LogP contribution < -0.4 is 41.4 Å². The molecule has 0 radical (unpaired) electrons. The molecule has 0 fully saturated rings. The van der Waals surface area contributed by atoms with Gasteiger partial charge in [-0.1, -0.05) is 110 Å². The van der Waals surface area contributed by atoms with Crippen molar-refractivity contribution in [2.45, 2.75) is 154 Å². The van der Waals surface area contributed by atoms with E-state index in [0.29, 0.717) is 75.8 Å². The molecular formula is C75H96N8O9SSi. The van der Waals surface area contributed by atoms with Crippen molar-refractivity contribution in [3.63, 3.8) is 0 Å². The summed E-state index contributed by atoms with van der Waals surface area (Å²) in [6.45, 7) is 11.0. The summed E-state index contributed by atoms with van der Waals surface area (Å²) in [6, 6.07) is 34.6. The number of allylic oxidation sites excluding steroid dienone is 2. The Morgan fingerprint density at radius 1 is 0.723 bits per heavy atom. The number of nitrogens with one attached hydrogen (secondary N) is 5. The minimum absolute atomic E-state index is 0.00730. The van der Waals surface area contributed by atoms with Gasteiger partial charge in [0.1, 0.15) is 20.2 Å². The standard InChI is InChI=1S/C75H96N8O9SSi/c1-49-29-31-53(32-30-49)64-47-70(86)91-52(4)22-20-21-50(2)43-51(3)71(87)79-63(73(89)83(9)65(72(88)80-64)44-54-48-78-62-26-16-14-23-57(54)62)27-17-19-39-76-68(84)28-12-11-18-38-77-69(85)37-40-93-41-42-94(10)66-45-55(81(5)6)33-35-60(66)75(59-25-15-13-24-58(59)74(90)92-75)61-36-34-56(82(7)8)46-67(61)94/h13-16,21,23-26,29-36,45-46,48,51-52,63-65,78H,11-12,17-20,22,27-28,37-44,47H2,1-10H3,(H,76,84)(H,77,85)(H,79,87)(H,80,88)/b50-21+/t51-,52-,63-,64+,65+,75?,94?/m0/s1. The van der Waals surface area contributed by atoms with Gasteiger partial charge < -0.3 is 50.4 Å². The average Bonchev–Trinajstić information content (AvgIpc) is 1.26. The number of anilines is 2. The molecule has 3 aliphatic heterocycles. The van der Waals surface area contributed by atoms with Crippen molar-refractivity contribution >= 4 is 94.0 Å². The van der Waals surface area contributed by atoms with E-state index in [2.05, 4.69) is 113 Å². The van der Waals surface area contributed by atoms with Crippen molar-refractivity contribution in [2.24, 2.45) is 5.92 Å². The van der Waals surface area contributed by atoms with E-state index in [1.165, 1.54) is 15.3 Å². The van der Waals surface area contributed by atoms with Crippen molar-refractivity contribution < 1.29 is 43.0 Å². The Labute approximate surface area is 560 Å². The number of unbranched alkanes of at least 4 members (excludes halogenated alkanes) is 3. The fourth-order valence-corrected chi connectivity index (χ4v) is 19.7. The van der Waals surface area contributed by atoms with Crippen LogP contribution in [0.1, 0.15) is 148 Å². The van der Waals surface area contributed by atoms with Gasteiger partial charge in [-0.3, -0.25) is 28.8 Å². The number of thioether (sulfide) groups is 1. The molecule has 0 unspecified atom stereocenters. The molecule has 500 valence electrons. The molecule has 5 N–H and O–H groups in total. The number of fused-ring (bicyclic) bond motifs is 7. The number of likely N-dealkylation sites (N-methyl/N-ethyl adjacent to an activating group) is 1. The van der Waals surface area contributed by atoms with Gasteiger partial charge in [-0.05, 0) is 142 Å². The molecule has 5 amide bonds. The van der Waals surface area contributed by atoms with Gasteiger partial charge in [0.25, 0.3) is 0 Å². The third-order valence-corrected chi connectivity index (χ3v) is 24.9.